The van der Waals surface area contributed by atoms with Crippen LogP contribution in [0, 0.1) is 0 Å². The van der Waals surface area contributed by atoms with E-state index in [1.807, 2.05) is 6.08 Å². The smallest absolute Gasteiger partial charge is 0.406 e. The van der Waals surface area contributed by atoms with Crippen LogP contribution in [0.5, 0.6) is 0 Å². The fraction of sp³-hybridized carbons (Fsp3) is 0.111. The van der Waals surface area contributed by atoms with Crippen LogP contribution in [0.15, 0.2) is 27.6 Å². The van der Waals surface area contributed by atoms with Gasteiger partial charge in [0.2, 0.25) is 0 Å². The number of oxazole rings is 1. The Bertz CT molecular complexity index is 527. The second-order valence-electron chi connectivity index (χ2n) is 2.69. The number of allylic oxidation sites excluding steroid dienone is 1. The van der Waals surface area contributed by atoms with Gasteiger partial charge in [-0.25, -0.2) is 9.78 Å². The standard InChI is InChI=1S/C9H7ClN2O2/c10-3-1-2-6-4-7-8(11-5-6)12-9(13)14-7/h1-2,4-5H,3H2,(H,11,12,13). The lowest BCUT2D eigenvalue weighted by molar-refractivity contribution is 0.555. The predicted octanol–water partition coefficient (Wildman–Crippen LogP) is 1.77. The average molecular weight is 211 g/mol. The normalized spacial score (nSPS) is 11.5. The minimum Gasteiger partial charge on any atom is -0.406 e. The zero-order valence-corrected chi connectivity index (χ0v) is 7.91. The number of H-pyrrole nitrogens is 1. The van der Waals surface area contributed by atoms with E-state index in [9.17, 15) is 4.79 Å². The number of hydrogen-bond acceptors (Lipinski definition) is 3. The first-order valence-electron chi connectivity index (χ1n) is 4.01. The van der Waals surface area contributed by atoms with Crippen molar-refractivity contribution in [1.82, 2.24) is 9.97 Å². The Morgan fingerprint density at radius 3 is 3.29 bits per heavy atom. The maximum Gasteiger partial charge on any atom is 0.418 e. The lowest BCUT2D eigenvalue weighted by Gasteiger charge is -1.90. The van der Waals surface area contributed by atoms with Crippen molar-refractivity contribution in [1.29, 1.82) is 0 Å². The van der Waals surface area contributed by atoms with Crippen molar-refractivity contribution in [2.45, 2.75) is 0 Å². The molecule has 0 fully saturated rings. The van der Waals surface area contributed by atoms with Crippen molar-refractivity contribution in [3.8, 4) is 0 Å². The number of nitrogens with one attached hydrogen (secondary N) is 1. The molecule has 0 unspecified atom stereocenters. The summed E-state index contributed by atoms with van der Waals surface area (Å²) in [7, 11) is 0. The lowest BCUT2D eigenvalue weighted by atomic mass is 10.2. The summed E-state index contributed by atoms with van der Waals surface area (Å²) in [5, 5.41) is 0. The van der Waals surface area contributed by atoms with Gasteiger partial charge in [-0.3, -0.25) is 4.98 Å². The van der Waals surface area contributed by atoms with Crippen molar-refractivity contribution in [2.75, 3.05) is 5.88 Å². The zero-order valence-electron chi connectivity index (χ0n) is 7.16. The number of aromatic nitrogens is 2. The van der Waals surface area contributed by atoms with Gasteiger partial charge in [0.25, 0.3) is 0 Å². The molecule has 0 aromatic carbocycles. The Kier molecular flexibility index (Phi) is 2.37. The highest BCUT2D eigenvalue weighted by Crippen LogP contribution is 2.10. The summed E-state index contributed by atoms with van der Waals surface area (Å²) in [6.45, 7) is 0. The Hall–Kier alpha value is -1.55. The third-order valence-electron chi connectivity index (χ3n) is 1.70. The van der Waals surface area contributed by atoms with Crippen LogP contribution in [0.3, 0.4) is 0 Å². The number of halogens is 1. The SMILES string of the molecule is O=c1[nH]c2ncc(C=CCCl)cc2o1. The van der Waals surface area contributed by atoms with E-state index < -0.39 is 5.76 Å². The fourth-order valence-electron chi connectivity index (χ4n) is 1.13. The van der Waals surface area contributed by atoms with Gasteiger partial charge >= 0.3 is 5.76 Å². The van der Waals surface area contributed by atoms with E-state index in [0.29, 0.717) is 17.1 Å². The van der Waals surface area contributed by atoms with E-state index in [4.69, 9.17) is 16.0 Å². The van der Waals surface area contributed by atoms with Gasteiger partial charge in [0.1, 0.15) is 0 Å². The van der Waals surface area contributed by atoms with Crippen LogP contribution in [0.25, 0.3) is 17.3 Å². The van der Waals surface area contributed by atoms with Crippen molar-refractivity contribution < 1.29 is 4.42 Å². The van der Waals surface area contributed by atoms with Crippen molar-refractivity contribution in [3.05, 3.63) is 34.5 Å². The van der Waals surface area contributed by atoms with Crippen LogP contribution in [0.4, 0.5) is 0 Å². The lowest BCUT2D eigenvalue weighted by Crippen LogP contribution is -1.93. The van der Waals surface area contributed by atoms with Crippen LogP contribution in [0.2, 0.25) is 0 Å². The summed E-state index contributed by atoms with van der Waals surface area (Å²) in [6, 6.07) is 1.73. The minimum absolute atomic E-state index is 0.440. The molecule has 0 atom stereocenters. The van der Waals surface area contributed by atoms with Gasteiger partial charge in [0, 0.05) is 12.1 Å². The Balaban J connectivity index is 2.50. The quantitative estimate of drug-likeness (QED) is 0.769. The third-order valence-corrected chi connectivity index (χ3v) is 1.87. The molecule has 0 aliphatic heterocycles. The van der Waals surface area contributed by atoms with E-state index in [0.717, 1.165) is 5.56 Å². The molecule has 2 heterocycles. The molecule has 0 aliphatic carbocycles. The second-order valence-corrected chi connectivity index (χ2v) is 3.00. The number of hydrogen-bond donors (Lipinski definition) is 1. The number of alkyl halides is 1. The molecule has 5 heteroatoms. The number of nitrogens with zero attached hydrogens (tertiary/aromatic N) is 1. The highest BCUT2D eigenvalue weighted by molar-refractivity contribution is 6.19. The molecule has 2 aromatic heterocycles. The first-order valence-corrected chi connectivity index (χ1v) is 4.54. The summed E-state index contributed by atoms with van der Waals surface area (Å²) in [4.78, 5) is 17.3. The second kappa shape index (κ2) is 3.67. The van der Waals surface area contributed by atoms with E-state index >= 15 is 0 Å². The van der Waals surface area contributed by atoms with Gasteiger partial charge < -0.3 is 4.42 Å². The summed E-state index contributed by atoms with van der Waals surface area (Å²) in [5.74, 6) is -0.0549. The van der Waals surface area contributed by atoms with Crippen LogP contribution in [-0.4, -0.2) is 15.8 Å². The Morgan fingerprint density at radius 1 is 1.64 bits per heavy atom. The molecule has 0 aliphatic rings. The highest BCUT2D eigenvalue weighted by Gasteiger charge is 2.01. The molecule has 0 saturated heterocycles. The monoisotopic (exact) mass is 210 g/mol. The van der Waals surface area contributed by atoms with Gasteiger partial charge in [-0.05, 0) is 11.6 Å². The van der Waals surface area contributed by atoms with E-state index in [1.54, 1.807) is 18.3 Å². The zero-order chi connectivity index (χ0) is 9.97. The van der Waals surface area contributed by atoms with Gasteiger partial charge in [-0.2, -0.15) is 0 Å². The van der Waals surface area contributed by atoms with E-state index in [2.05, 4.69) is 9.97 Å². The summed E-state index contributed by atoms with van der Waals surface area (Å²) in [5.41, 5.74) is 1.76. The Labute approximate surface area is 84.2 Å². The minimum atomic E-state index is -0.494. The highest BCUT2D eigenvalue weighted by atomic mass is 35.5. The van der Waals surface area contributed by atoms with Crippen molar-refractivity contribution in [2.24, 2.45) is 0 Å². The van der Waals surface area contributed by atoms with Gasteiger partial charge in [0.15, 0.2) is 11.2 Å². The summed E-state index contributed by atoms with van der Waals surface area (Å²) < 4.78 is 4.85. The van der Waals surface area contributed by atoms with Crippen LogP contribution < -0.4 is 5.76 Å². The fourth-order valence-corrected chi connectivity index (χ4v) is 1.21. The molecule has 4 nitrogen and oxygen atoms in total. The molecule has 2 rings (SSSR count). The molecule has 2 aromatic rings. The number of rotatable bonds is 2. The van der Waals surface area contributed by atoms with Gasteiger partial charge in [-0.1, -0.05) is 12.2 Å². The van der Waals surface area contributed by atoms with Crippen LogP contribution in [-0.2, 0) is 0 Å². The predicted molar refractivity (Wildman–Crippen MR) is 54.4 cm³/mol. The maximum atomic E-state index is 10.8. The summed E-state index contributed by atoms with van der Waals surface area (Å²) in [6.07, 6.45) is 5.23. The van der Waals surface area contributed by atoms with E-state index in [-0.39, 0.29) is 0 Å². The Morgan fingerprint density at radius 2 is 2.50 bits per heavy atom. The molecular weight excluding hydrogens is 204 g/mol. The molecule has 1 N–H and O–H groups in total. The van der Waals surface area contributed by atoms with Gasteiger partial charge in [-0.15, -0.1) is 11.6 Å². The largest absolute Gasteiger partial charge is 0.418 e. The first kappa shape index (κ1) is 9.02. The average Bonchev–Trinajstić information content (AvgIpc) is 2.54. The number of aromatic amines is 1. The first-order chi connectivity index (χ1) is 6.79. The molecule has 14 heavy (non-hydrogen) atoms. The van der Waals surface area contributed by atoms with Crippen molar-refractivity contribution >= 4 is 28.9 Å². The molecule has 72 valence electrons. The van der Waals surface area contributed by atoms with E-state index in [1.165, 1.54) is 0 Å². The number of fused-ring (bicyclic) bond motifs is 1. The molecule has 0 amide bonds. The molecule has 0 saturated carbocycles. The molecule has 0 bridgehead atoms. The van der Waals surface area contributed by atoms with Crippen LogP contribution in [0.1, 0.15) is 5.56 Å². The molecule has 0 spiro atoms. The molecule has 0 radical (unpaired) electrons. The topological polar surface area (TPSA) is 58.9 Å². The van der Waals surface area contributed by atoms with Crippen LogP contribution >= 0.6 is 11.6 Å². The maximum absolute atomic E-state index is 10.8. The molecular formula is C9H7ClN2O2. The summed E-state index contributed by atoms with van der Waals surface area (Å²) >= 11 is 5.49. The van der Waals surface area contributed by atoms with Gasteiger partial charge in [0.05, 0.1) is 0 Å². The van der Waals surface area contributed by atoms with Crippen molar-refractivity contribution in [3.63, 3.8) is 0 Å². The third kappa shape index (κ3) is 1.70. The number of pyridine rings is 1.